The number of carbonyl (C=O) groups is 2. The van der Waals surface area contributed by atoms with E-state index < -0.39 is 11.9 Å². The second-order valence-corrected chi connectivity index (χ2v) is 5.23. The number of nitrogens with one attached hydrogen (secondary N) is 1. The van der Waals surface area contributed by atoms with Crippen molar-refractivity contribution in [1.82, 2.24) is 5.32 Å². The number of halogens is 1. The molecule has 0 spiro atoms. The monoisotopic (exact) mass is 315 g/mol. The van der Waals surface area contributed by atoms with E-state index in [-0.39, 0.29) is 18.5 Å². The smallest absolute Gasteiger partial charge is 0.338 e. The van der Waals surface area contributed by atoms with E-state index >= 15 is 0 Å². The minimum absolute atomic E-state index is 0.305. The van der Waals surface area contributed by atoms with Crippen molar-refractivity contribution in [2.45, 2.75) is 19.9 Å². The first-order valence-corrected chi connectivity index (χ1v) is 7.25. The van der Waals surface area contributed by atoms with Crippen LogP contribution in [-0.4, -0.2) is 18.5 Å². The fraction of sp³-hybridized carbons (Fsp3) is 0.222. The van der Waals surface area contributed by atoms with E-state index in [0.717, 1.165) is 11.1 Å². The summed E-state index contributed by atoms with van der Waals surface area (Å²) in [5.41, 5.74) is 1.99. The molecule has 2 aromatic rings. The average Bonchev–Trinajstić information content (AvgIpc) is 2.53. The number of esters is 1. The quantitative estimate of drug-likeness (QED) is 0.862. The maximum atomic E-state index is 12.9. The van der Waals surface area contributed by atoms with E-state index in [0.29, 0.717) is 5.56 Å². The van der Waals surface area contributed by atoms with Crippen molar-refractivity contribution < 1.29 is 18.7 Å². The topological polar surface area (TPSA) is 55.4 Å². The Kier molecular flexibility index (Phi) is 5.46. The number of aryl methyl sites for hydroxylation is 1. The molecular weight excluding hydrogens is 297 g/mol. The van der Waals surface area contributed by atoms with E-state index in [1.807, 2.05) is 6.07 Å². The Hall–Kier alpha value is -2.69. The van der Waals surface area contributed by atoms with Crippen LogP contribution in [0.5, 0.6) is 0 Å². The minimum atomic E-state index is -0.535. The molecule has 0 aliphatic heterocycles. The number of benzene rings is 2. The largest absolute Gasteiger partial charge is 0.452 e. The molecular formula is C18H18FNO3. The third-order valence-corrected chi connectivity index (χ3v) is 3.45. The molecule has 0 heterocycles. The van der Waals surface area contributed by atoms with E-state index in [4.69, 9.17) is 4.74 Å². The lowest BCUT2D eigenvalue weighted by molar-refractivity contribution is -0.124. The molecule has 0 aliphatic carbocycles. The molecule has 120 valence electrons. The SMILES string of the molecule is Cc1ccccc1C(=O)OCC(=O)N[C@H](C)c1ccc(F)cc1. The summed E-state index contributed by atoms with van der Waals surface area (Å²) in [5, 5.41) is 2.70. The van der Waals surface area contributed by atoms with Crippen LogP contribution in [0.4, 0.5) is 4.39 Å². The highest BCUT2D eigenvalue weighted by Gasteiger charge is 2.14. The van der Waals surface area contributed by atoms with Crippen LogP contribution in [0.3, 0.4) is 0 Å². The van der Waals surface area contributed by atoms with Crippen LogP contribution < -0.4 is 5.32 Å². The maximum Gasteiger partial charge on any atom is 0.338 e. The lowest BCUT2D eigenvalue weighted by atomic mass is 10.1. The van der Waals surface area contributed by atoms with Gasteiger partial charge in [-0.2, -0.15) is 0 Å². The number of hydrogen-bond donors (Lipinski definition) is 1. The van der Waals surface area contributed by atoms with Crippen molar-refractivity contribution in [2.24, 2.45) is 0 Å². The Morgan fingerprint density at radius 3 is 2.43 bits per heavy atom. The van der Waals surface area contributed by atoms with Gasteiger partial charge in [0.05, 0.1) is 11.6 Å². The lowest BCUT2D eigenvalue weighted by Gasteiger charge is -2.14. The van der Waals surface area contributed by atoms with Crippen molar-refractivity contribution in [3.8, 4) is 0 Å². The van der Waals surface area contributed by atoms with Gasteiger partial charge in [0.2, 0.25) is 0 Å². The molecule has 0 saturated carbocycles. The van der Waals surface area contributed by atoms with Gasteiger partial charge in [-0.05, 0) is 43.2 Å². The van der Waals surface area contributed by atoms with Crippen molar-refractivity contribution in [1.29, 1.82) is 0 Å². The predicted molar refractivity (Wildman–Crippen MR) is 84.4 cm³/mol. The molecule has 5 heteroatoms. The third-order valence-electron chi connectivity index (χ3n) is 3.45. The van der Waals surface area contributed by atoms with Gasteiger partial charge in [-0.25, -0.2) is 9.18 Å². The Morgan fingerprint density at radius 1 is 1.13 bits per heavy atom. The van der Waals surface area contributed by atoms with Crippen LogP contribution in [0.2, 0.25) is 0 Å². The molecule has 0 saturated heterocycles. The fourth-order valence-corrected chi connectivity index (χ4v) is 2.13. The normalized spacial score (nSPS) is 11.6. The van der Waals surface area contributed by atoms with Gasteiger partial charge in [0.25, 0.3) is 5.91 Å². The van der Waals surface area contributed by atoms with Crippen molar-refractivity contribution >= 4 is 11.9 Å². The first kappa shape index (κ1) is 16.7. The Morgan fingerprint density at radius 2 is 1.78 bits per heavy atom. The van der Waals surface area contributed by atoms with Crippen LogP contribution >= 0.6 is 0 Å². The molecule has 1 N–H and O–H groups in total. The second-order valence-electron chi connectivity index (χ2n) is 5.23. The molecule has 2 aromatic carbocycles. The van der Waals surface area contributed by atoms with Crippen LogP contribution in [0, 0.1) is 12.7 Å². The van der Waals surface area contributed by atoms with E-state index in [1.54, 1.807) is 44.2 Å². The number of ether oxygens (including phenoxy) is 1. The Labute approximate surface area is 134 Å². The summed E-state index contributed by atoms with van der Waals surface area (Å²) in [4.78, 5) is 23.8. The maximum absolute atomic E-state index is 12.9. The molecule has 1 amide bonds. The molecule has 0 fully saturated rings. The Bertz CT molecular complexity index is 698. The van der Waals surface area contributed by atoms with Crippen molar-refractivity contribution in [2.75, 3.05) is 6.61 Å². The molecule has 0 unspecified atom stereocenters. The zero-order valence-corrected chi connectivity index (χ0v) is 13.0. The summed E-state index contributed by atoms with van der Waals surface area (Å²) < 4.78 is 17.9. The van der Waals surface area contributed by atoms with Gasteiger partial charge < -0.3 is 10.1 Å². The molecule has 2 rings (SSSR count). The average molecular weight is 315 g/mol. The summed E-state index contributed by atoms with van der Waals surface area (Å²) in [6.07, 6.45) is 0. The number of amides is 1. The molecule has 1 atom stereocenters. The van der Waals surface area contributed by atoms with Crippen molar-refractivity contribution in [3.63, 3.8) is 0 Å². The molecule has 0 aromatic heterocycles. The van der Waals surface area contributed by atoms with Crippen LogP contribution in [0.25, 0.3) is 0 Å². The van der Waals surface area contributed by atoms with E-state index in [2.05, 4.69) is 5.32 Å². The van der Waals surface area contributed by atoms with Crippen LogP contribution in [-0.2, 0) is 9.53 Å². The number of rotatable bonds is 5. The summed E-state index contributed by atoms with van der Waals surface area (Å²) in [7, 11) is 0. The third kappa shape index (κ3) is 4.64. The number of carbonyl (C=O) groups excluding carboxylic acids is 2. The van der Waals surface area contributed by atoms with E-state index in [9.17, 15) is 14.0 Å². The van der Waals surface area contributed by atoms with Crippen LogP contribution in [0.15, 0.2) is 48.5 Å². The van der Waals surface area contributed by atoms with Gasteiger partial charge in [-0.3, -0.25) is 4.79 Å². The lowest BCUT2D eigenvalue weighted by Crippen LogP contribution is -2.31. The van der Waals surface area contributed by atoms with Gasteiger partial charge in [-0.15, -0.1) is 0 Å². The molecule has 0 aliphatic rings. The zero-order valence-electron chi connectivity index (χ0n) is 13.0. The first-order valence-electron chi connectivity index (χ1n) is 7.25. The van der Waals surface area contributed by atoms with Gasteiger partial charge in [-0.1, -0.05) is 30.3 Å². The molecule has 0 radical (unpaired) electrons. The van der Waals surface area contributed by atoms with E-state index in [1.165, 1.54) is 12.1 Å². The highest BCUT2D eigenvalue weighted by atomic mass is 19.1. The molecule has 23 heavy (non-hydrogen) atoms. The number of hydrogen-bond acceptors (Lipinski definition) is 3. The first-order chi connectivity index (χ1) is 11.0. The highest BCUT2D eigenvalue weighted by Crippen LogP contribution is 2.13. The van der Waals surface area contributed by atoms with Gasteiger partial charge >= 0.3 is 5.97 Å². The molecule has 4 nitrogen and oxygen atoms in total. The summed E-state index contributed by atoms with van der Waals surface area (Å²) >= 11 is 0. The minimum Gasteiger partial charge on any atom is -0.452 e. The predicted octanol–water partition coefficient (Wildman–Crippen LogP) is 3.17. The van der Waals surface area contributed by atoms with Crippen molar-refractivity contribution in [3.05, 3.63) is 71.0 Å². The van der Waals surface area contributed by atoms with Gasteiger partial charge in [0.15, 0.2) is 6.61 Å². The van der Waals surface area contributed by atoms with Gasteiger partial charge in [0, 0.05) is 0 Å². The summed E-state index contributed by atoms with van der Waals surface area (Å²) in [6.45, 7) is 3.21. The second kappa shape index (κ2) is 7.54. The standard InChI is InChI=1S/C18H18FNO3/c1-12-5-3-4-6-16(12)18(22)23-11-17(21)20-13(2)14-7-9-15(19)10-8-14/h3-10,13H,11H2,1-2H3,(H,20,21)/t13-/m1/s1. The Balaban J connectivity index is 1.86. The van der Waals surface area contributed by atoms with Gasteiger partial charge in [0.1, 0.15) is 5.82 Å². The summed E-state index contributed by atoms with van der Waals surface area (Å²) in [5.74, 6) is -1.28. The fourth-order valence-electron chi connectivity index (χ4n) is 2.13. The molecule has 0 bridgehead atoms. The zero-order chi connectivity index (χ0) is 16.8. The highest BCUT2D eigenvalue weighted by molar-refractivity contribution is 5.92. The summed E-state index contributed by atoms with van der Waals surface area (Å²) in [6, 6.07) is 12.6. The van der Waals surface area contributed by atoms with Crippen LogP contribution in [0.1, 0.15) is 34.5 Å².